The molecule has 0 saturated carbocycles. The Kier molecular flexibility index (Phi) is 11.3. The number of hydrogen-bond donors (Lipinski definition) is 0. The van der Waals surface area contributed by atoms with Gasteiger partial charge in [0.25, 0.3) is 0 Å². The second-order valence-corrected chi connectivity index (χ2v) is 22.8. The zero-order chi connectivity index (χ0) is 24.8. The van der Waals surface area contributed by atoms with E-state index in [4.69, 9.17) is 16.3 Å². The van der Waals surface area contributed by atoms with Gasteiger partial charge < -0.3 is 0 Å². The van der Waals surface area contributed by atoms with Gasteiger partial charge in [-0.2, -0.15) is 0 Å². The monoisotopic (exact) mass is 658 g/mol. The van der Waals surface area contributed by atoms with Crippen molar-refractivity contribution in [3.05, 3.63) is 44.9 Å². The number of hydrogen-bond acceptors (Lipinski definition) is 1. The van der Waals surface area contributed by atoms with Crippen LogP contribution in [0.5, 0.6) is 5.75 Å². The van der Waals surface area contributed by atoms with Crippen LogP contribution in [-0.2, 0) is 0 Å². The Hall–Kier alpha value is -0.471. The molecule has 0 saturated heterocycles. The fourth-order valence-electron chi connectivity index (χ4n) is 4.63. The summed E-state index contributed by atoms with van der Waals surface area (Å²) >= 11 is 5.71. The van der Waals surface area contributed by atoms with Gasteiger partial charge in [-0.25, -0.2) is 0 Å². The minimum atomic E-state index is -3.45. The van der Waals surface area contributed by atoms with Gasteiger partial charge in [0.15, 0.2) is 0 Å². The van der Waals surface area contributed by atoms with Gasteiger partial charge in [0.2, 0.25) is 0 Å². The third kappa shape index (κ3) is 6.03. The predicted molar refractivity (Wildman–Crippen MR) is 136 cm³/mol. The van der Waals surface area contributed by atoms with Crippen LogP contribution in [0.15, 0.2) is 16.6 Å². The molecule has 1 nitrogen and oxygen atoms in total. The number of benzene rings is 2. The van der Waals surface area contributed by atoms with Crippen LogP contribution in [0.2, 0.25) is 18.3 Å². The molecule has 184 valence electrons. The molecular formula is C25H32BrClF4OSn. The van der Waals surface area contributed by atoms with Crippen LogP contribution in [0.25, 0.3) is 11.1 Å². The van der Waals surface area contributed by atoms with Crippen molar-refractivity contribution in [1.29, 1.82) is 0 Å². The van der Waals surface area contributed by atoms with Gasteiger partial charge in [-0.15, -0.1) is 0 Å². The van der Waals surface area contributed by atoms with Crippen LogP contribution in [-0.4, -0.2) is 25.5 Å². The fourth-order valence-corrected chi connectivity index (χ4v) is 22.8. The van der Waals surface area contributed by atoms with Crippen LogP contribution in [0, 0.1) is 23.3 Å². The summed E-state index contributed by atoms with van der Waals surface area (Å²) in [4.78, 5) is 0. The van der Waals surface area contributed by atoms with E-state index in [1.807, 2.05) is 0 Å². The molecule has 2 aromatic carbocycles. The van der Waals surface area contributed by atoms with E-state index < -0.39 is 51.7 Å². The van der Waals surface area contributed by atoms with Crippen LogP contribution in [0.1, 0.15) is 59.3 Å². The Bertz CT molecular complexity index is 919. The molecule has 8 heteroatoms. The molecule has 0 aliphatic rings. The maximum absolute atomic E-state index is 15.2. The summed E-state index contributed by atoms with van der Waals surface area (Å²) in [5.74, 6) is -5.31. The first-order chi connectivity index (χ1) is 15.7. The van der Waals surface area contributed by atoms with Crippen molar-refractivity contribution in [3.63, 3.8) is 0 Å². The van der Waals surface area contributed by atoms with Crippen molar-refractivity contribution in [2.75, 3.05) is 7.11 Å². The summed E-state index contributed by atoms with van der Waals surface area (Å²) < 4.78 is 68.0. The summed E-state index contributed by atoms with van der Waals surface area (Å²) in [6.07, 6.45) is 5.89. The SMILES string of the molecule is CCC[CH2][Sn]([CH2]CCC)([CH2]CCC)[c]1c(-c2c(F)c(F)c(Br)c(F)c2F)ccc(Cl)c1OC. The number of rotatable bonds is 12. The Morgan fingerprint density at radius 2 is 1.27 bits per heavy atom. The third-order valence-corrected chi connectivity index (χ3v) is 23.0. The molecule has 2 rings (SSSR count). The molecule has 0 amide bonds. The quantitative estimate of drug-likeness (QED) is 0.0956. The Morgan fingerprint density at radius 3 is 1.67 bits per heavy atom. The van der Waals surface area contributed by atoms with E-state index in [1.54, 1.807) is 0 Å². The molecule has 0 aliphatic carbocycles. The summed E-state index contributed by atoms with van der Waals surface area (Å²) in [6, 6.07) is 3.00. The van der Waals surface area contributed by atoms with Gasteiger partial charge in [0.1, 0.15) is 0 Å². The van der Waals surface area contributed by atoms with Crippen molar-refractivity contribution >= 4 is 49.5 Å². The first kappa shape index (κ1) is 28.8. The van der Waals surface area contributed by atoms with Crippen molar-refractivity contribution in [1.82, 2.24) is 0 Å². The molecule has 33 heavy (non-hydrogen) atoms. The predicted octanol–water partition coefficient (Wildman–Crippen LogP) is 9.39. The number of halogens is 6. The van der Waals surface area contributed by atoms with E-state index in [0.29, 0.717) is 10.8 Å². The van der Waals surface area contributed by atoms with Crippen molar-refractivity contribution in [3.8, 4) is 16.9 Å². The topological polar surface area (TPSA) is 9.23 Å². The Balaban J connectivity index is 3.00. The molecule has 0 N–H and O–H groups in total. The molecule has 0 bridgehead atoms. The number of ether oxygens (including phenoxy) is 1. The zero-order valence-corrected chi connectivity index (χ0v) is 24.9. The second-order valence-electron chi connectivity index (χ2n) is 8.54. The van der Waals surface area contributed by atoms with Crippen LogP contribution in [0.4, 0.5) is 17.6 Å². The van der Waals surface area contributed by atoms with E-state index >= 15 is 8.78 Å². The van der Waals surface area contributed by atoms with Gasteiger partial charge in [0.05, 0.1) is 0 Å². The van der Waals surface area contributed by atoms with Gasteiger partial charge in [-0.05, 0) is 0 Å². The van der Waals surface area contributed by atoms with Crippen LogP contribution >= 0.6 is 27.5 Å². The van der Waals surface area contributed by atoms with E-state index in [1.165, 1.54) is 19.2 Å². The third-order valence-electron chi connectivity index (χ3n) is 6.35. The molecule has 0 fully saturated rings. The van der Waals surface area contributed by atoms with Crippen LogP contribution in [0.3, 0.4) is 0 Å². The molecule has 0 radical (unpaired) electrons. The zero-order valence-electron chi connectivity index (χ0n) is 19.7. The Morgan fingerprint density at radius 1 is 0.818 bits per heavy atom. The molecule has 0 spiro atoms. The van der Waals surface area contributed by atoms with E-state index in [0.717, 1.165) is 55.4 Å². The van der Waals surface area contributed by atoms with Gasteiger partial charge in [-0.1, -0.05) is 0 Å². The van der Waals surface area contributed by atoms with E-state index in [9.17, 15) is 8.78 Å². The summed E-state index contributed by atoms with van der Waals surface area (Å²) in [5, 5.41) is 0.348. The van der Waals surface area contributed by atoms with Crippen molar-refractivity contribution in [2.24, 2.45) is 0 Å². The summed E-state index contributed by atoms with van der Waals surface area (Å²) in [7, 11) is 1.49. The first-order valence-electron chi connectivity index (χ1n) is 11.6. The maximum atomic E-state index is 15.2. The van der Waals surface area contributed by atoms with Gasteiger partial charge in [0, 0.05) is 0 Å². The summed E-state index contributed by atoms with van der Waals surface area (Å²) in [6.45, 7) is 6.35. The van der Waals surface area contributed by atoms with Crippen molar-refractivity contribution < 1.29 is 22.3 Å². The molecule has 0 unspecified atom stereocenters. The standard InChI is InChI=1S/C13H5BrClF4O.3C4H9.Sn/c1-20-7-4-5(2-3-6(7)15)8-10(16)12(18)9(14)13(19)11(8)17;3*1-3-4-2;/h2-3H,1H3;3*1,3-4H2,2H3;. The molecular weight excluding hydrogens is 626 g/mol. The average Bonchev–Trinajstić information content (AvgIpc) is 2.82. The van der Waals surface area contributed by atoms with Crippen molar-refractivity contribution in [2.45, 2.75) is 72.6 Å². The normalized spacial score (nSPS) is 11.8. The summed E-state index contributed by atoms with van der Waals surface area (Å²) in [5.41, 5.74) is -0.501. The second kappa shape index (κ2) is 13.0. The average molecular weight is 659 g/mol. The van der Waals surface area contributed by atoms with E-state index in [-0.39, 0.29) is 5.56 Å². The molecule has 0 atom stereocenters. The molecule has 0 heterocycles. The van der Waals surface area contributed by atoms with E-state index in [2.05, 4.69) is 36.7 Å². The van der Waals surface area contributed by atoms with Crippen LogP contribution < -0.4 is 8.32 Å². The minimum absolute atomic E-state index is 0.177. The number of unbranched alkanes of at least 4 members (excludes halogenated alkanes) is 3. The molecule has 2 aromatic rings. The molecule has 0 aromatic heterocycles. The van der Waals surface area contributed by atoms with Gasteiger partial charge >= 0.3 is 213 Å². The fraction of sp³-hybridized carbons (Fsp3) is 0.520. The first-order valence-corrected chi connectivity index (χ1v) is 20.2. The van der Waals surface area contributed by atoms with Gasteiger partial charge in [-0.3, -0.25) is 0 Å². The number of methoxy groups -OCH3 is 1. The molecule has 0 aliphatic heterocycles. The Labute approximate surface area is 212 Å².